The average Bonchev–Trinajstić information content (AvgIpc) is 2.71. The number of aryl methyl sites for hydroxylation is 1. The molecule has 2 rings (SSSR count). The van der Waals surface area contributed by atoms with Crippen LogP contribution in [0.3, 0.4) is 0 Å². The van der Waals surface area contributed by atoms with Crippen molar-refractivity contribution in [2.45, 2.75) is 17.7 Å². The van der Waals surface area contributed by atoms with Crippen LogP contribution in [0.4, 0.5) is 0 Å². The van der Waals surface area contributed by atoms with Crippen LogP contribution in [0.15, 0.2) is 21.8 Å². The molecule has 2 aromatic rings. The second-order valence-corrected chi connectivity index (χ2v) is 3.52. The Balaban J connectivity index is 1.93. The highest BCUT2D eigenvalue weighted by atomic mass is 32.2. The third kappa shape index (κ3) is 2.09. The van der Waals surface area contributed by atoms with Crippen LogP contribution in [0.5, 0.6) is 0 Å². The molecule has 0 aliphatic heterocycles. The van der Waals surface area contributed by atoms with Gasteiger partial charge in [-0.05, 0) is 6.92 Å². The van der Waals surface area contributed by atoms with Crippen molar-refractivity contribution in [1.82, 2.24) is 20.6 Å². The molecule has 0 aliphatic rings. The van der Waals surface area contributed by atoms with Crippen molar-refractivity contribution in [2.24, 2.45) is 0 Å². The van der Waals surface area contributed by atoms with E-state index >= 15 is 0 Å². The Morgan fingerprint density at radius 1 is 1.62 bits per heavy atom. The Morgan fingerprint density at radius 2 is 2.54 bits per heavy atom. The summed E-state index contributed by atoms with van der Waals surface area (Å²) in [5.41, 5.74) is 0.922. The van der Waals surface area contributed by atoms with Crippen molar-refractivity contribution in [3.05, 3.63) is 23.7 Å². The molecule has 0 spiro atoms. The minimum Gasteiger partial charge on any atom is -0.361 e. The van der Waals surface area contributed by atoms with Crippen LogP contribution >= 0.6 is 11.8 Å². The number of aromatic amines is 1. The van der Waals surface area contributed by atoms with Gasteiger partial charge in [-0.25, -0.2) is 0 Å². The minimum atomic E-state index is 0.754. The van der Waals surface area contributed by atoms with Gasteiger partial charge in [0.15, 0.2) is 0 Å². The number of H-pyrrole nitrogens is 1. The summed E-state index contributed by atoms with van der Waals surface area (Å²) in [6.07, 6.45) is 1.68. The van der Waals surface area contributed by atoms with Crippen molar-refractivity contribution in [2.75, 3.05) is 0 Å². The molecule has 0 fully saturated rings. The Kier molecular flexibility index (Phi) is 2.31. The molecular weight excluding hydrogens is 188 g/mol. The number of rotatable bonds is 3. The first-order valence-electron chi connectivity index (χ1n) is 3.75. The Bertz CT molecular complexity index is 370. The molecule has 6 heteroatoms. The number of aromatic nitrogens is 4. The van der Waals surface area contributed by atoms with E-state index in [4.69, 9.17) is 4.52 Å². The van der Waals surface area contributed by atoms with Crippen LogP contribution in [-0.4, -0.2) is 20.6 Å². The fraction of sp³-hybridized carbons (Fsp3) is 0.286. The van der Waals surface area contributed by atoms with E-state index in [2.05, 4.69) is 20.6 Å². The lowest BCUT2D eigenvalue weighted by molar-refractivity contribution is 0.393. The minimum absolute atomic E-state index is 0.754. The van der Waals surface area contributed by atoms with Crippen molar-refractivity contribution in [1.29, 1.82) is 0 Å². The fourth-order valence-corrected chi connectivity index (χ4v) is 1.56. The zero-order valence-corrected chi connectivity index (χ0v) is 7.84. The third-order valence-corrected chi connectivity index (χ3v) is 2.37. The number of thioether (sulfide) groups is 1. The molecule has 2 aromatic heterocycles. The van der Waals surface area contributed by atoms with Crippen LogP contribution in [0, 0.1) is 6.92 Å². The van der Waals surface area contributed by atoms with Gasteiger partial charge >= 0.3 is 0 Å². The number of hydrogen-bond donors (Lipinski definition) is 1. The van der Waals surface area contributed by atoms with E-state index in [1.54, 1.807) is 18.0 Å². The first-order chi connectivity index (χ1) is 6.34. The topological polar surface area (TPSA) is 67.6 Å². The van der Waals surface area contributed by atoms with Gasteiger partial charge in [0.05, 0.1) is 11.9 Å². The second kappa shape index (κ2) is 3.61. The van der Waals surface area contributed by atoms with Crippen molar-refractivity contribution >= 4 is 11.8 Å². The van der Waals surface area contributed by atoms with E-state index in [1.807, 2.05) is 13.0 Å². The first kappa shape index (κ1) is 8.31. The molecular formula is C7H8N4OS. The van der Waals surface area contributed by atoms with Crippen LogP contribution in [0.1, 0.15) is 11.5 Å². The standard InChI is InChI=1S/C7H8N4OS/c1-5-2-6(10-12-5)4-13-7-3-8-11-9-7/h2-3H,4H2,1H3,(H,8,9,11). The monoisotopic (exact) mass is 196 g/mol. The lowest BCUT2D eigenvalue weighted by Gasteiger charge is -1.89. The molecule has 0 unspecified atom stereocenters. The lowest BCUT2D eigenvalue weighted by atomic mass is 10.4. The normalized spacial score (nSPS) is 10.5. The molecule has 0 radical (unpaired) electrons. The van der Waals surface area contributed by atoms with Gasteiger partial charge in [0.25, 0.3) is 0 Å². The van der Waals surface area contributed by atoms with Crippen molar-refractivity contribution in [3.8, 4) is 0 Å². The molecule has 1 N–H and O–H groups in total. The predicted octanol–water partition coefficient (Wildman–Crippen LogP) is 1.39. The quantitative estimate of drug-likeness (QED) is 0.751. The number of nitrogens with one attached hydrogen (secondary N) is 1. The zero-order valence-electron chi connectivity index (χ0n) is 7.02. The number of hydrogen-bond acceptors (Lipinski definition) is 5. The van der Waals surface area contributed by atoms with Gasteiger partial charge in [-0.3, -0.25) is 0 Å². The van der Waals surface area contributed by atoms with Gasteiger partial charge in [0, 0.05) is 11.8 Å². The SMILES string of the molecule is Cc1cc(CSc2cn[nH]n2)no1. The van der Waals surface area contributed by atoms with Crippen molar-refractivity contribution in [3.63, 3.8) is 0 Å². The molecule has 5 nitrogen and oxygen atoms in total. The van der Waals surface area contributed by atoms with Crippen LogP contribution in [0.25, 0.3) is 0 Å². The number of nitrogens with zero attached hydrogens (tertiary/aromatic N) is 3. The molecule has 0 saturated carbocycles. The van der Waals surface area contributed by atoms with Gasteiger partial charge in [0.2, 0.25) is 0 Å². The van der Waals surface area contributed by atoms with Crippen molar-refractivity contribution < 1.29 is 4.52 Å². The lowest BCUT2D eigenvalue weighted by Crippen LogP contribution is -1.79. The van der Waals surface area contributed by atoms with E-state index in [-0.39, 0.29) is 0 Å². The summed E-state index contributed by atoms with van der Waals surface area (Å²) in [6.45, 7) is 1.87. The van der Waals surface area contributed by atoms with E-state index in [0.29, 0.717) is 0 Å². The Labute approximate surface area is 78.9 Å². The summed E-state index contributed by atoms with van der Waals surface area (Å²) >= 11 is 1.57. The van der Waals surface area contributed by atoms with E-state index < -0.39 is 0 Å². The molecule has 0 amide bonds. The van der Waals surface area contributed by atoms with E-state index in [1.165, 1.54) is 0 Å². The molecule has 0 saturated heterocycles. The maximum absolute atomic E-state index is 4.93. The highest BCUT2D eigenvalue weighted by molar-refractivity contribution is 7.98. The Morgan fingerprint density at radius 3 is 3.15 bits per heavy atom. The van der Waals surface area contributed by atoms with Crippen LogP contribution in [-0.2, 0) is 5.75 Å². The average molecular weight is 196 g/mol. The second-order valence-electron chi connectivity index (χ2n) is 2.53. The molecule has 2 heterocycles. The molecule has 0 aliphatic carbocycles. The fourth-order valence-electron chi connectivity index (χ4n) is 0.895. The maximum Gasteiger partial charge on any atom is 0.139 e. The smallest absolute Gasteiger partial charge is 0.139 e. The van der Waals surface area contributed by atoms with E-state index in [0.717, 1.165) is 22.2 Å². The maximum atomic E-state index is 4.93. The summed E-state index contributed by atoms with van der Waals surface area (Å²) in [5, 5.41) is 14.9. The van der Waals surface area contributed by atoms with Gasteiger partial charge in [0.1, 0.15) is 10.8 Å². The van der Waals surface area contributed by atoms with Crippen LogP contribution < -0.4 is 0 Å². The summed E-state index contributed by atoms with van der Waals surface area (Å²) in [5.74, 6) is 1.58. The highest BCUT2D eigenvalue weighted by Gasteiger charge is 2.02. The summed E-state index contributed by atoms with van der Waals surface area (Å²) in [6, 6.07) is 1.91. The Hall–Kier alpha value is -1.30. The molecule has 0 atom stereocenters. The molecule has 0 bridgehead atoms. The summed E-state index contributed by atoms with van der Waals surface area (Å²) < 4.78 is 4.93. The highest BCUT2D eigenvalue weighted by Crippen LogP contribution is 2.18. The largest absolute Gasteiger partial charge is 0.361 e. The van der Waals surface area contributed by atoms with Gasteiger partial charge in [-0.1, -0.05) is 16.9 Å². The summed E-state index contributed by atoms with van der Waals surface area (Å²) in [7, 11) is 0. The van der Waals surface area contributed by atoms with Crippen LogP contribution in [0.2, 0.25) is 0 Å². The van der Waals surface area contributed by atoms with Gasteiger partial charge < -0.3 is 4.52 Å². The van der Waals surface area contributed by atoms with Gasteiger partial charge in [-0.15, -0.1) is 5.10 Å². The van der Waals surface area contributed by atoms with E-state index in [9.17, 15) is 0 Å². The molecule has 0 aromatic carbocycles. The summed E-state index contributed by atoms with van der Waals surface area (Å²) in [4.78, 5) is 0. The molecule has 13 heavy (non-hydrogen) atoms. The van der Waals surface area contributed by atoms with Gasteiger partial charge in [-0.2, -0.15) is 10.3 Å². The first-order valence-corrected chi connectivity index (χ1v) is 4.74. The zero-order chi connectivity index (χ0) is 9.10. The third-order valence-electron chi connectivity index (χ3n) is 1.44. The predicted molar refractivity (Wildman–Crippen MR) is 47.2 cm³/mol. The molecule has 68 valence electrons.